The first kappa shape index (κ1) is 17.4. The van der Waals surface area contributed by atoms with Crippen LogP contribution >= 0.6 is 0 Å². The van der Waals surface area contributed by atoms with Crippen LogP contribution < -0.4 is 0 Å². The van der Waals surface area contributed by atoms with Gasteiger partial charge in [0.25, 0.3) is 0 Å². The number of likely N-dealkylation sites (tertiary alicyclic amines) is 1. The molecular weight excluding hydrogens is 304 g/mol. The third kappa shape index (κ3) is 4.77. The zero-order valence-electron chi connectivity index (χ0n) is 14.5. The lowest BCUT2D eigenvalue weighted by molar-refractivity contribution is -0.0609. The van der Waals surface area contributed by atoms with Crippen LogP contribution in [0.1, 0.15) is 61.6 Å². The van der Waals surface area contributed by atoms with E-state index in [9.17, 15) is 4.79 Å². The molecule has 0 amide bonds. The molecule has 1 saturated carbocycles. The van der Waals surface area contributed by atoms with Crippen LogP contribution in [0.2, 0.25) is 0 Å². The number of piperidine rings is 1. The van der Waals surface area contributed by atoms with E-state index >= 15 is 0 Å². The van der Waals surface area contributed by atoms with E-state index in [-0.39, 0.29) is 5.69 Å². The molecule has 1 aliphatic carbocycles. The number of hydrogen-bond acceptors (Lipinski definition) is 4. The number of hydrogen-bond donors (Lipinski definition) is 1. The fraction of sp³-hybridized carbons (Fsp3) is 0.684. The molecule has 2 aliphatic rings. The highest BCUT2D eigenvalue weighted by Gasteiger charge is 2.25. The Morgan fingerprint density at radius 3 is 2.50 bits per heavy atom. The number of aromatic carboxylic acids is 1. The lowest BCUT2D eigenvalue weighted by Crippen LogP contribution is -2.38. The van der Waals surface area contributed by atoms with Gasteiger partial charge in [0.2, 0.25) is 0 Å². The summed E-state index contributed by atoms with van der Waals surface area (Å²) in [5, 5.41) is 9.03. The Hall–Kier alpha value is -1.46. The van der Waals surface area contributed by atoms with Crippen molar-refractivity contribution in [2.75, 3.05) is 13.1 Å². The second kappa shape index (κ2) is 8.08. The number of aromatic nitrogens is 1. The monoisotopic (exact) mass is 332 g/mol. The van der Waals surface area contributed by atoms with E-state index in [4.69, 9.17) is 9.84 Å². The van der Waals surface area contributed by atoms with Crippen molar-refractivity contribution < 1.29 is 14.6 Å². The number of pyridine rings is 1. The van der Waals surface area contributed by atoms with Gasteiger partial charge in [-0.3, -0.25) is 4.90 Å². The fourth-order valence-corrected chi connectivity index (χ4v) is 3.76. The van der Waals surface area contributed by atoms with Gasteiger partial charge in [0.05, 0.1) is 17.9 Å². The van der Waals surface area contributed by atoms with Gasteiger partial charge in [-0.1, -0.05) is 13.0 Å². The summed E-state index contributed by atoms with van der Waals surface area (Å²) in [5.74, 6) is -0.105. The van der Waals surface area contributed by atoms with Crippen LogP contribution in [0.5, 0.6) is 0 Å². The van der Waals surface area contributed by atoms with Crippen molar-refractivity contribution >= 4 is 5.97 Å². The number of ether oxygens (including phenoxy) is 1. The van der Waals surface area contributed by atoms with Gasteiger partial charge in [0.15, 0.2) is 0 Å². The van der Waals surface area contributed by atoms with E-state index < -0.39 is 5.97 Å². The first-order valence-corrected chi connectivity index (χ1v) is 9.17. The van der Waals surface area contributed by atoms with Crippen molar-refractivity contribution in [1.29, 1.82) is 0 Å². The smallest absolute Gasteiger partial charge is 0.354 e. The standard InChI is InChI=1S/C19H28N2O3/c1-14-5-7-16(8-6-14)24-17-9-11-21(12-10-17)13-15-3-2-4-18(20-15)19(22)23/h2-4,14,16-17H,5-13H2,1H3,(H,22,23). The topological polar surface area (TPSA) is 62.7 Å². The van der Waals surface area contributed by atoms with Crippen molar-refractivity contribution in [1.82, 2.24) is 9.88 Å². The van der Waals surface area contributed by atoms with Crippen LogP contribution in [0.25, 0.3) is 0 Å². The zero-order valence-corrected chi connectivity index (χ0v) is 14.5. The third-order valence-electron chi connectivity index (χ3n) is 5.29. The van der Waals surface area contributed by atoms with E-state index in [0.29, 0.717) is 12.2 Å². The van der Waals surface area contributed by atoms with Gasteiger partial charge in [-0.25, -0.2) is 9.78 Å². The van der Waals surface area contributed by atoms with Crippen molar-refractivity contribution in [2.24, 2.45) is 5.92 Å². The lowest BCUT2D eigenvalue weighted by Gasteiger charge is -2.35. The predicted octanol–water partition coefficient (Wildman–Crippen LogP) is 3.34. The Kier molecular flexibility index (Phi) is 5.85. The predicted molar refractivity (Wildman–Crippen MR) is 92.0 cm³/mol. The molecule has 24 heavy (non-hydrogen) atoms. The van der Waals surface area contributed by atoms with E-state index in [1.54, 1.807) is 6.07 Å². The van der Waals surface area contributed by atoms with Crippen LogP contribution in [0, 0.1) is 5.92 Å². The maximum atomic E-state index is 11.0. The zero-order chi connectivity index (χ0) is 16.9. The molecule has 1 aliphatic heterocycles. The molecule has 0 aromatic carbocycles. The molecule has 0 spiro atoms. The molecule has 132 valence electrons. The van der Waals surface area contributed by atoms with E-state index in [1.165, 1.54) is 31.7 Å². The Morgan fingerprint density at radius 2 is 1.83 bits per heavy atom. The Balaban J connectivity index is 1.43. The summed E-state index contributed by atoms with van der Waals surface area (Å²) in [6.07, 6.45) is 8.00. The summed E-state index contributed by atoms with van der Waals surface area (Å²) in [6, 6.07) is 5.21. The normalized spacial score (nSPS) is 26.4. The average molecular weight is 332 g/mol. The van der Waals surface area contributed by atoms with E-state index in [2.05, 4.69) is 16.8 Å². The van der Waals surface area contributed by atoms with Crippen molar-refractivity contribution in [3.05, 3.63) is 29.6 Å². The van der Waals surface area contributed by atoms with Crippen LogP contribution in [0.15, 0.2) is 18.2 Å². The summed E-state index contributed by atoms with van der Waals surface area (Å²) in [4.78, 5) is 17.6. The molecular formula is C19H28N2O3. The number of carboxylic acids is 1. The molecule has 1 aromatic rings. The fourth-order valence-electron chi connectivity index (χ4n) is 3.76. The van der Waals surface area contributed by atoms with E-state index in [0.717, 1.165) is 44.1 Å². The number of rotatable bonds is 5. The summed E-state index contributed by atoms with van der Waals surface area (Å²) >= 11 is 0. The van der Waals surface area contributed by atoms with Gasteiger partial charge in [0.1, 0.15) is 5.69 Å². The highest BCUT2D eigenvalue weighted by Crippen LogP contribution is 2.28. The highest BCUT2D eigenvalue weighted by molar-refractivity contribution is 5.85. The van der Waals surface area contributed by atoms with Gasteiger partial charge in [0, 0.05) is 19.6 Å². The Labute approximate surface area is 144 Å². The average Bonchev–Trinajstić information content (AvgIpc) is 2.59. The molecule has 0 radical (unpaired) electrons. The lowest BCUT2D eigenvalue weighted by atomic mass is 9.88. The summed E-state index contributed by atoms with van der Waals surface area (Å²) in [6.45, 7) is 5.04. The van der Waals surface area contributed by atoms with Crippen molar-refractivity contribution in [2.45, 2.75) is 64.2 Å². The third-order valence-corrected chi connectivity index (χ3v) is 5.29. The van der Waals surface area contributed by atoms with Gasteiger partial charge >= 0.3 is 5.97 Å². The van der Waals surface area contributed by atoms with Gasteiger partial charge in [-0.05, 0) is 56.6 Å². The second-order valence-corrected chi connectivity index (χ2v) is 7.31. The largest absolute Gasteiger partial charge is 0.477 e. The molecule has 0 bridgehead atoms. The maximum absolute atomic E-state index is 11.0. The molecule has 0 unspecified atom stereocenters. The molecule has 1 saturated heterocycles. The van der Waals surface area contributed by atoms with Gasteiger partial charge in [-0.15, -0.1) is 0 Å². The number of carbonyl (C=O) groups is 1. The Morgan fingerprint density at radius 1 is 1.17 bits per heavy atom. The number of carboxylic acid groups (broad SMARTS) is 1. The first-order chi connectivity index (χ1) is 11.6. The summed E-state index contributed by atoms with van der Waals surface area (Å²) < 4.78 is 6.31. The second-order valence-electron chi connectivity index (χ2n) is 7.31. The van der Waals surface area contributed by atoms with Crippen molar-refractivity contribution in [3.8, 4) is 0 Å². The number of nitrogens with zero attached hydrogens (tertiary/aromatic N) is 2. The van der Waals surface area contributed by atoms with Crippen LogP contribution in [0.4, 0.5) is 0 Å². The molecule has 2 fully saturated rings. The SMILES string of the molecule is CC1CCC(OC2CCN(Cc3cccc(C(=O)O)n3)CC2)CC1. The van der Waals surface area contributed by atoms with Crippen LogP contribution in [0.3, 0.4) is 0 Å². The van der Waals surface area contributed by atoms with Gasteiger partial charge < -0.3 is 9.84 Å². The molecule has 5 nitrogen and oxygen atoms in total. The molecule has 1 aromatic heterocycles. The highest BCUT2D eigenvalue weighted by atomic mass is 16.5. The minimum atomic E-state index is -0.967. The quantitative estimate of drug-likeness (QED) is 0.896. The Bertz CT molecular complexity index is 547. The van der Waals surface area contributed by atoms with Crippen molar-refractivity contribution in [3.63, 3.8) is 0 Å². The molecule has 0 atom stereocenters. The molecule has 2 heterocycles. The molecule has 3 rings (SSSR count). The first-order valence-electron chi connectivity index (χ1n) is 9.17. The molecule has 1 N–H and O–H groups in total. The van der Waals surface area contributed by atoms with E-state index in [1.807, 2.05) is 6.07 Å². The minimum absolute atomic E-state index is 0.122. The summed E-state index contributed by atoms with van der Waals surface area (Å²) in [7, 11) is 0. The molecule has 5 heteroatoms. The van der Waals surface area contributed by atoms with Crippen LogP contribution in [-0.4, -0.2) is 46.3 Å². The summed E-state index contributed by atoms with van der Waals surface area (Å²) in [5.41, 5.74) is 0.952. The maximum Gasteiger partial charge on any atom is 0.354 e. The minimum Gasteiger partial charge on any atom is -0.477 e. The van der Waals surface area contributed by atoms with Gasteiger partial charge in [-0.2, -0.15) is 0 Å². The van der Waals surface area contributed by atoms with Crippen LogP contribution in [-0.2, 0) is 11.3 Å².